The first-order chi connectivity index (χ1) is 8.81. The normalized spacial score (nSPS) is 9.94. The lowest BCUT2D eigenvalue weighted by Crippen LogP contribution is -1.99. The molecule has 0 bridgehead atoms. The van der Waals surface area contributed by atoms with E-state index in [4.69, 9.17) is 14.2 Å². The van der Waals surface area contributed by atoms with Crippen LogP contribution in [-0.4, -0.2) is 31.5 Å². The summed E-state index contributed by atoms with van der Waals surface area (Å²) in [5.74, 6) is 1.78. The van der Waals surface area contributed by atoms with Gasteiger partial charge in [0.2, 0.25) is 0 Å². The molecule has 0 amide bonds. The van der Waals surface area contributed by atoms with Crippen LogP contribution in [0.15, 0.2) is 30.5 Å². The van der Waals surface area contributed by atoms with Crippen LogP contribution in [0.5, 0.6) is 17.2 Å². The summed E-state index contributed by atoms with van der Waals surface area (Å²) in [5, 5.41) is 8.01. The van der Waals surface area contributed by atoms with Gasteiger partial charge < -0.3 is 14.2 Å². The first-order valence-electron chi connectivity index (χ1n) is 5.38. The number of hydrogen-bond acceptors (Lipinski definition) is 5. The van der Waals surface area contributed by atoms with Gasteiger partial charge in [-0.1, -0.05) is 12.1 Å². The van der Waals surface area contributed by atoms with Gasteiger partial charge in [0.15, 0.2) is 11.5 Å². The Bertz CT molecular complexity index is 544. The lowest BCUT2D eigenvalue weighted by Gasteiger charge is -2.12. The van der Waals surface area contributed by atoms with Crippen molar-refractivity contribution in [2.75, 3.05) is 21.3 Å². The third-order valence-corrected chi connectivity index (χ3v) is 2.56. The topological polar surface area (TPSA) is 53.5 Å². The lowest BCUT2D eigenvalue weighted by atomic mass is 10.1. The summed E-state index contributed by atoms with van der Waals surface area (Å²) < 4.78 is 15.9. The van der Waals surface area contributed by atoms with Crippen LogP contribution in [-0.2, 0) is 0 Å². The number of methoxy groups -OCH3 is 3. The summed E-state index contributed by atoms with van der Waals surface area (Å²) in [5.41, 5.74) is 1.40. The van der Waals surface area contributed by atoms with Crippen LogP contribution in [0.2, 0.25) is 0 Å². The van der Waals surface area contributed by atoms with Gasteiger partial charge in [-0.05, 0) is 12.1 Å². The number of benzene rings is 1. The van der Waals surface area contributed by atoms with E-state index in [9.17, 15) is 0 Å². The maximum atomic E-state index is 5.34. The molecule has 2 aromatic rings. The molecule has 18 heavy (non-hydrogen) atoms. The first kappa shape index (κ1) is 12.2. The molecule has 0 radical (unpaired) electrons. The summed E-state index contributed by atoms with van der Waals surface area (Å²) in [7, 11) is 4.74. The Balaban J connectivity index is 2.63. The highest BCUT2D eigenvalue weighted by atomic mass is 16.5. The van der Waals surface area contributed by atoms with Crippen molar-refractivity contribution in [1.82, 2.24) is 10.2 Å². The Hall–Kier alpha value is -2.30. The van der Waals surface area contributed by atoms with Crippen molar-refractivity contribution < 1.29 is 14.2 Å². The molecular weight excluding hydrogens is 232 g/mol. The second-order valence-corrected chi connectivity index (χ2v) is 3.50. The van der Waals surface area contributed by atoms with Gasteiger partial charge in [0.05, 0.1) is 27.5 Å². The molecule has 0 aliphatic carbocycles. The van der Waals surface area contributed by atoms with Gasteiger partial charge in [0.1, 0.15) is 11.4 Å². The molecular formula is C13H14N2O3. The van der Waals surface area contributed by atoms with Crippen LogP contribution in [0.3, 0.4) is 0 Å². The van der Waals surface area contributed by atoms with E-state index in [1.165, 1.54) is 6.20 Å². The predicted molar refractivity (Wildman–Crippen MR) is 67.1 cm³/mol. The molecule has 94 valence electrons. The van der Waals surface area contributed by atoms with Crippen LogP contribution in [0.4, 0.5) is 0 Å². The van der Waals surface area contributed by atoms with Crippen molar-refractivity contribution in [1.29, 1.82) is 0 Å². The third kappa shape index (κ3) is 2.07. The molecule has 1 aromatic heterocycles. The fourth-order valence-electron chi connectivity index (χ4n) is 1.72. The highest BCUT2D eigenvalue weighted by Crippen LogP contribution is 2.38. The van der Waals surface area contributed by atoms with Crippen molar-refractivity contribution in [3.63, 3.8) is 0 Å². The second-order valence-electron chi connectivity index (χ2n) is 3.50. The maximum absolute atomic E-state index is 5.34. The molecule has 0 unspecified atom stereocenters. The van der Waals surface area contributed by atoms with Crippen molar-refractivity contribution in [3.8, 4) is 28.5 Å². The number of nitrogens with zero attached hydrogens (tertiary/aromatic N) is 2. The molecule has 0 saturated carbocycles. The molecule has 1 heterocycles. The van der Waals surface area contributed by atoms with Crippen LogP contribution >= 0.6 is 0 Å². The van der Waals surface area contributed by atoms with Gasteiger partial charge >= 0.3 is 0 Å². The quantitative estimate of drug-likeness (QED) is 0.827. The van der Waals surface area contributed by atoms with Crippen LogP contribution in [0.1, 0.15) is 0 Å². The summed E-state index contributed by atoms with van der Waals surface area (Å²) in [4.78, 5) is 0. The van der Waals surface area contributed by atoms with Gasteiger partial charge in [0.25, 0.3) is 0 Å². The molecule has 0 aliphatic heterocycles. The number of aromatic nitrogens is 2. The molecule has 0 spiro atoms. The lowest BCUT2D eigenvalue weighted by molar-refractivity contribution is 0.351. The number of hydrogen-bond donors (Lipinski definition) is 0. The predicted octanol–water partition coefficient (Wildman–Crippen LogP) is 2.17. The van der Waals surface area contributed by atoms with Gasteiger partial charge in [-0.3, -0.25) is 0 Å². The van der Waals surface area contributed by atoms with Crippen LogP contribution in [0, 0.1) is 0 Å². The molecule has 5 heteroatoms. The Morgan fingerprint density at radius 3 is 2.28 bits per heavy atom. The molecule has 1 aromatic carbocycles. The smallest absolute Gasteiger partial charge is 0.190 e. The summed E-state index contributed by atoms with van der Waals surface area (Å²) in [6.07, 6.45) is 1.51. The van der Waals surface area contributed by atoms with Gasteiger partial charge in [-0.25, -0.2) is 0 Å². The molecule has 0 saturated heterocycles. The highest BCUT2D eigenvalue weighted by molar-refractivity contribution is 5.74. The van der Waals surface area contributed by atoms with Gasteiger partial charge in [-0.15, -0.1) is 5.10 Å². The molecule has 0 aliphatic rings. The third-order valence-electron chi connectivity index (χ3n) is 2.56. The maximum Gasteiger partial charge on any atom is 0.190 e. The van der Waals surface area contributed by atoms with Crippen molar-refractivity contribution in [2.24, 2.45) is 0 Å². The minimum absolute atomic E-state index is 0.536. The molecule has 0 N–H and O–H groups in total. The second kappa shape index (κ2) is 5.35. The number of ether oxygens (including phenoxy) is 3. The molecule has 2 rings (SSSR count). The monoisotopic (exact) mass is 246 g/mol. The van der Waals surface area contributed by atoms with Gasteiger partial charge in [-0.2, -0.15) is 5.10 Å². The van der Waals surface area contributed by atoms with E-state index < -0.39 is 0 Å². The van der Waals surface area contributed by atoms with Crippen molar-refractivity contribution in [3.05, 3.63) is 30.5 Å². The molecule has 5 nitrogen and oxygen atoms in total. The van der Waals surface area contributed by atoms with Gasteiger partial charge in [0, 0.05) is 5.56 Å². The number of rotatable bonds is 4. The largest absolute Gasteiger partial charge is 0.496 e. The van der Waals surface area contributed by atoms with E-state index in [1.807, 2.05) is 24.3 Å². The van der Waals surface area contributed by atoms with E-state index >= 15 is 0 Å². The Morgan fingerprint density at radius 2 is 1.61 bits per heavy atom. The zero-order valence-corrected chi connectivity index (χ0v) is 10.5. The zero-order chi connectivity index (χ0) is 13.0. The minimum Gasteiger partial charge on any atom is -0.496 e. The highest BCUT2D eigenvalue weighted by Gasteiger charge is 2.17. The Kier molecular flexibility index (Phi) is 3.62. The molecule has 0 fully saturated rings. The number of para-hydroxylation sites is 1. The van der Waals surface area contributed by atoms with E-state index in [-0.39, 0.29) is 0 Å². The summed E-state index contributed by atoms with van der Waals surface area (Å²) >= 11 is 0. The van der Waals surface area contributed by atoms with E-state index in [0.29, 0.717) is 22.9 Å². The SMILES string of the molecule is COc1ccccc1-c1nncc(OC)c1OC. The van der Waals surface area contributed by atoms with E-state index in [1.54, 1.807) is 21.3 Å². The van der Waals surface area contributed by atoms with E-state index in [0.717, 1.165) is 5.56 Å². The average molecular weight is 246 g/mol. The first-order valence-corrected chi connectivity index (χ1v) is 5.38. The molecule has 0 atom stereocenters. The standard InChI is InChI=1S/C13H14N2O3/c1-16-10-7-5-4-6-9(10)12-13(18-3)11(17-2)8-14-15-12/h4-8H,1-3H3. The van der Waals surface area contributed by atoms with Crippen molar-refractivity contribution >= 4 is 0 Å². The fraction of sp³-hybridized carbons (Fsp3) is 0.231. The minimum atomic E-state index is 0.536. The Morgan fingerprint density at radius 1 is 0.889 bits per heavy atom. The average Bonchev–Trinajstić information content (AvgIpc) is 2.46. The summed E-state index contributed by atoms with van der Waals surface area (Å²) in [6, 6.07) is 7.54. The van der Waals surface area contributed by atoms with Crippen LogP contribution < -0.4 is 14.2 Å². The zero-order valence-electron chi connectivity index (χ0n) is 10.5. The van der Waals surface area contributed by atoms with E-state index in [2.05, 4.69) is 10.2 Å². The fourth-order valence-corrected chi connectivity index (χ4v) is 1.72. The summed E-state index contributed by atoms with van der Waals surface area (Å²) in [6.45, 7) is 0. The van der Waals surface area contributed by atoms with Crippen molar-refractivity contribution in [2.45, 2.75) is 0 Å². The van der Waals surface area contributed by atoms with Crippen LogP contribution in [0.25, 0.3) is 11.3 Å². The Labute approximate surface area is 105 Å².